The van der Waals surface area contributed by atoms with Crippen molar-refractivity contribution in [2.24, 2.45) is 5.92 Å². The van der Waals surface area contributed by atoms with Gasteiger partial charge < -0.3 is 9.80 Å². The molecule has 26 heavy (non-hydrogen) atoms. The molecule has 0 saturated carbocycles. The number of amides is 2. The number of thiophene rings is 1. The first-order valence-corrected chi connectivity index (χ1v) is 10.1. The molecule has 0 N–H and O–H groups in total. The third-order valence-electron chi connectivity index (χ3n) is 5.12. The highest BCUT2D eigenvalue weighted by Crippen LogP contribution is 2.27. The highest BCUT2D eigenvalue weighted by Gasteiger charge is 2.31. The van der Waals surface area contributed by atoms with Crippen molar-refractivity contribution in [1.82, 2.24) is 9.80 Å². The van der Waals surface area contributed by atoms with Crippen LogP contribution in [0.3, 0.4) is 0 Å². The summed E-state index contributed by atoms with van der Waals surface area (Å²) in [6.45, 7) is 3.28. The molecule has 2 amide bonds. The molecular weight excluding hydrogens is 368 g/mol. The quantitative estimate of drug-likeness (QED) is 0.772. The van der Waals surface area contributed by atoms with Crippen LogP contribution in [0.1, 0.15) is 41.0 Å². The van der Waals surface area contributed by atoms with E-state index >= 15 is 0 Å². The SMILES string of the molecule is CC(c1cccc(Cl)c1)N(C)C(=O)C1CCN(C(=O)c2cccs2)CC1. The van der Waals surface area contributed by atoms with Crippen LogP contribution in [0.4, 0.5) is 0 Å². The van der Waals surface area contributed by atoms with Gasteiger partial charge in [-0.2, -0.15) is 0 Å². The summed E-state index contributed by atoms with van der Waals surface area (Å²) in [5.41, 5.74) is 1.03. The van der Waals surface area contributed by atoms with E-state index in [4.69, 9.17) is 11.6 Å². The van der Waals surface area contributed by atoms with Crippen LogP contribution in [0.15, 0.2) is 41.8 Å². The second-order valence-electron chi connectivity index (χ2n) is 6.72. The second-order valence-corrected chi connectivity index (χ2v) is 8.11. The Morgan fingerprint density at radius 3 is 2.58 bits per heavy atom. The van der Waals surface area contributed by atoms with E-state index in [1.165, 1.54) is 11.3 Å². The number of rotatable bonds is 4. The highest BCUT2D eigenvalue weighted by molar-refractivity contribution is 7.12. The first-order chi connectivity index (χ1) is 12.5. The smallest absolute Gasteiger partial charge is 0.263 e. The third-order valence-corrected chi connectivity index (χ3v) is 6.22. The van der Waals surface area contributed by atoms with Gasteiger partial charge in [-0.05, 0) is 48.9 Å². The summed E-state index contributed by atoms with van der Waals surface area (Å²) in [4.78, 5) is 29.7. The van der Waals surface area contributed by atoms with Gasteiger partial charge in [-0.1, -0.05) is 29.8 Å². The Morgan fingerprint density at radius 2 is 1.96 bits per heavy atom. The predicted octanol–water partition coefficient (Wildman–Crippen LogP) is 4.47. The average molecular weight is 391 g/mol. The fourth-order valence-electron chi connectivity index (χ4n) is 3.35. The maximum absolute atomic E-state index is 12.9. The van der Waals surface area contributed by atoms with Crippen molar-refractivity contribution < 1.29 is 9.59 Å². The standard InChI is InChI=1S/C20H23ClN2O2S/c1-14(16-5-3-6-17(21)13-16)22(2)19(24)15-8-10-23(11-9-15)20(25)18-7-4-12-26-18/h3-7,12-15H,8-11H2,1-2H3. The van der Waals surface area contributed by atoms with E-state index in [1.807, 2.05) is 60.6 Å². The van der Waals surface area contributed by atoms with Crippen molar-refractivity contribution >= 4 is 34.8 Å². The summed E-state index contributed by atoms with van der Waals surface area (Å²) >= 11 is 7.53. The number of hydrogen-bond acceptors (Lipinski definition) is 3. The predicted molar refractivity (Wildman–Crippen MR) is 106 cm³/mol. The fraction of sp³-hybridized carbons (Fsp3) is 0.400. The Hall–Kier alpha value is -1.85. The van der Waals surface area contributed by atoms with Crippen LogP contribution in [0, 0.1) is 5.92 Å². The van der Waals surface area contributed by atoms with Gasteiger partial charge in [-0.15, -0.1) is 11.3 Å². The minimum Gasteiger partial charge on any atom is -0.339 e. The molecule has 2 aromatic rings. The van der Waals surface area contributed by atoms with Gasteiger partial charge in [-0.25, -0.2) is 0 Å². The molecule has 2 heterocycles. The molecule has 1 atom stereocenters. The normalized spacial score (nSPS) is 16.3. The van der Waals surface area contributed by atoms with Crippen LogP contribution in [0.25, 0.3) is 0 Å². The largest absolute Gasteiger partial charge is 0.339 e. The van der Waals surface area contributed by atoms with Gasteiger partial charge in [0.05, 0.1) is 10.9 Å². The van der Waals surface area contributed by atoms with Crippen molar-refractivity contribution in [3.8, 4) is 0 Å². The molecule has 4 nitrogen and oxygen atoms in total. The zero-order valence-electron chi connectivity index (χ0n) is 15.0. The van der Waals surface area contributed by atoms with Crippen LogP contribution < -0.4 is 0 Å². The van der Waals surface area contributed by atoms with E-state index in [0.29, 0.717) is 31.0 Å². The molecule has 1 saturated heterocycles. The van der Waals surface area contributed by atoms with Crippen molar-refractivity contribution in [3.05, 3.63) is 57.2 Å². The van der Waals surface area contributed by atoms with Gasteiger partial charge in [-0.3, -0.25) is 9.59 Å². The van der Waals surface area contributed by atoms with Crippen LogP contribution in [-0.4, -0.2) is 41.8 Å². The number of hydrogen-bond donors (Lipinski definition) is 0. The van der Waals surface area contributed by atoms with Crippen molar-refractivity contribution in [2.75, 3.05) is 20.1 Å². The van der Waals surface area contributed by atoms with Gasteiger partial charge in [0.1, 0.15) is 0 Å². The Kier molecular flexibility index (Phi) is 5.99. The molecular formula is C20H23ClN2O2S. The summed E-state index contributed by atoms with van der Waals surface area (Å²) in [6, 6.07) is 11.3. The lowest BCUT2D eigenvalue weighted by molar-refractivity contribution is -0.137. The molecule has 1 aromatic carbocycles. The zero-order chi connectivity index (χ0) is 18.7. The Morgan fingerprint density at radius 1 is 1.23 bits per heavy atom. The molecule has 0 radical (unpaired) electrons. The highest BCUT2D eigenvalue weighted by atomic mass is 35.5. The van der Waals surface area contributed by atoms with Crippen LogP contribution in [0.2, 0.25) is 5.02 Å². The van der Waals surface area contributed by atoms with Crippen LogP contribution >= 0.6 is 22.9 Å². The van der Waals surface area contributed by atoms with E-state index in [-0.39, 0.29) is 23.8 Å². The molecule has 138 valence electrons. The zero-order valence-corrected chi connectivity index (χ0v) is 16.6. The Bertz CT molecular complexity index is 770. The van der Waals surface area contributed by atoms with E-state index in [0.717, 1.165) is 10.4 Å². The average Bonchev–Trinajstić information content (AvgIpc) is 3.20. The van der Waals surface area contributed by atoms with Gasteiger partial charge in [0, 0.05) is 31.1 Å². The third kappa shape index (κ3) is 4.10. The molecule has 0 bridgehead atoms. The lowest BCUT2D eigenvalue weighted by Gasteiger charge is -2.35. The summed E-state index contributed by atoms with van der Waals surface area (Å²) < 4.78 is 0. The minimum absolute atomic E-state index is 0.0333. The molecule has 1 aliphatic heterocycles. The number of carbonyl (C=O) groups excluding carboxylic acids is 2. The minimum atomic E-state index is -0.0352. The van der Waals surface area contributed by atoms with Gasteiger partial charge >= 0.3 is 0 Å². The lowest BCUT2D eigenvalue weighted by Crippen LogP contribution is -2.43. The van der Waals surface area contributed by atoms with E-state index in [1.54, 1.807) is 4.90 Å². The summed E-state index contributed by atoms with van der Waals surface area (Å²) in [6.07, 6.45) is 1.42. The first kappa shape index (κ1) is 18.9. The molecule has 1 unspecified atom stereocenters. The maximum atomic E-state index is 12.9. The molecule has 1 aliphatic rings. The Balaban J connectivity index is 1.58. The summed E-state index contributed by atoms with van der Waals surface area (Å²) in [7, 11) is 1.84. The van der Waals surface area contributed by atoms with E-state index < -0.39 is 0 Å². The van der Waals surface area contributed by atoms with Crippen LogP contribution in [-0.2, 0) is 4.79 Å². The maximum Gasteiger partial charge on any atom is 0.263 e. The summed E-state index contributed by atoms with van der Waals surface area (Å²) in [5, 5.41) is 2.59. The number of halogens is 1. The van der Waals surface area contributed by atoms with Crippen molar-refractivity contribution in [3.63, 3.8) is 0 Å². The first-order valence-electron chi connectivity index (χ1n) is 8.82. The van der Waals surface area contributed by atoms with Crippen molar-refractivity contribution in [1.29, 1.82) is 0 Å². The van der Waals surface area contributed by atoms with Crippen molar-refractivity contribution in [2.45, 2.75) is 25.8 Å². The number of nitrogens with zero attached hydrogens (tertiary/aromatic N) is 2. The molecule has 3 rings (SSSR count). The fourth-order valence-corrected chi connectivity index (χ4v) is 4.24. The van der Waals surface area contributed by atoms with Gasteiger partial charge in [0.15, 0.2) is 0 Å². The molecule has 0 aliphatic carbocycles. The molecule has 0 spiro atoms. The monoisotopic (exact) mass is 390 g/mol. The number of benzene rings is 1. The Labute approximate surface area is 163 Å². The second kappa shape index (κ2) is 8.23. The summed E-state index contributed by atoms with van der Waals surface area (Å²) in [5.74, 6) is 0.182. The number of likely N-dealkylation sites (tertiary alicyclic amines) is 1. The molecule has 1 aromatic heterocycles. The van der Waals surface area contributed by atoms with E-state index in [9.17, 15) is 9.59 Å². The van der Waals surface area contributed by atoms with Crippen LogP contribution in [0.5, 0.6) is 0 Å². The van der Waals surface area contributed by atoms with Gasteiger partial charge in [0.25, 0.3) is 5.91 Å². The topological polar surface area (TPSA) is 40.6 Å². The van der Waals surface area contributed by atoms with Gasteiger partial charge in [0.2, 0.25) is 5.91 Å². The lowest BCUT2D eigenvalue weighted by atomic mass is 9.94. The number of piperidine rings is 1. The number of carbonyl (C=O) groups is 2. The van der Waals surface area contributed by atoms with E-state index in [2.05, 4.69) is 0 Å². The molecule has 1 fully saturated rings. The molecule has 6 heteroatoms.